The van der Waals surface area contributed by atoms with Gasteiger partial charge >= 0.3 is 0 Å². The maximum Gasteiger partial charge on any atom is 0.179 e. The molecule has 1 rings (SSSR count). The fraction of sp³-hybridized carbons (Fsp3) is 0.500. The van der Waals surface area contributed by atoms with Crippen LogP contribution in [-0.2, 0) is 4.74 Å². The quantitative estimate of drug-likeness (QED) is 0.594. The Morgan fingerprint density at radius 3 is 2.47 bits per heavy atom. The van der Waals surface area contributed by atoms with Crippen LogP contribution in [0.15, 0.2) is 12.1 Å². The van der Waals surface area contributed by atoms with Crippen molar-refractivity contribution in [3.8, 4) is 11.5 Å². The molecule has 0 bridgehead atoms. The van der Waals surface area contributed by atoms with E-state index in [1.54, 1.807) is 6.07 Å². The Balaban J connectivity index is 2.70. The Kier molecular flexibility index (Phi) is 5.63. The number of hydrogen-bond donors (Lipinski definition) is 0. The summed E-state index contributed by atoms with van der Waals surface area (Å²) < 4.78 is 16.3. The predicted molar refractivity (Wildman–Crippen MR) is 74.6 cm³/mol. The van der Waals surface area contributed by atoms with E-state index in [0.717, 1.165) is 0 Å². The zero-order valence-corrected chi connectivity index (χ0v) is 12.4. The van der Waals surface area contributed by atoms with E-state index in [9.17, 15) is 4.79 Å². The molecule has 0 saturated heterocycles. The minimum absolute atomic E-state index is 0.210. The van der Waals surface area contributed by atoms with Gasteiger partial charge in [-0.1, -0.05) is 11.6 Å². The molecule has 0 N–H and O–H groups in total. The molecule has 0 atom stereocenters. The molecule has 0 aliphatic rings. The summed E-state index contributed by atoms with van der Waals surface area (Å²) in [6, 6.07) is 3.12. The minimum Gasteiger partial charge on any atom is -0.493 e. The smallest absolute Gasteiger partial charge is 0.179 e. The summed E-state index contributed by atoms with van der Waals surface area (Å²) in [5, 5.41) is 0.345. The van der Waals surface area contributed by atoms with Gasteiger partial charge in [-0.25, -0.2) is 0 Å². The minimum atomic E-state index is -0.210. The molecule has 106 valence electrons. The SMILES string of the molecule is COc1cc(C=O)cc(Cl)c1OCCOC(C)(C)C. The Hall–Kier alpha value is -1.26. The Labute approximate surface area is 118 Å². The molecule has 0 aliphatic carbocycles. The lowest BCUT2D eigenvalue weighted by Gasteiger charge is -2.20. The molecule has 0 heterocycles. The lowest BCUT2D eigenvalue weighted by molar-refractivity contribution is -0.0165. The molecular formula is C14H19ClO4. The topological polar surface area (TPSA) is 44.8 Å². The fourth-order valence-electron chi connectivity index (χ4n) is 1.44. The Morgan fingerprint density at radius 2 is 1.95 bits per heavy atom. The van der Waals surface area contributed by atoms with E-state index >= 15 is 0 Å². The van der Waals surface area contributed by atoms with Crippen LogP contribution in [0.4, 0.5) is 0 Å². The van der Waals surface area contributed by atoms with Crippen LogP contribution in [0.3, 0.4) is 0 Å². The molecule has 19 heavy (non-hydrogen) atoms. The second-order valence-corrected chi connectivity index (χ2v) is 5.37. The fourth-order valence-corrected chi connectivity index (χ4v) is 1.71. The third-order valence-electron chi connectivity index (χ3n) is 2.25. The molecule has 0 fully saturated rings. The number of rotatable bonds is 6. The lowest BCUT2D eigenvalue weighted by atomic mass is 10.2. The van der Waals surface area contributed by atoms with E-state index in [2.05, 4.69) is 0 Å². The van der Waals surface area contributed by atoms with E-state index in [1.165, 1.54) is 13.2 Å². The van der Waals surface area contributed by atoms with Crippen molar-refractivity contribution in [2.24, 2.45) is 0 Å². The zero-order chi connectivity index (χ0) is 14.5. The zero-order valence-electron chi connectivity index (χ0n) is 11.7. The predicted octanol–water partition coefficient (Wildman–Crippen LogP) is 3.36. The third-order valence-corrected chi connectivity index (χ3v) is 2.53. The van der Waals surface area contributed by atoms with Crippen LogP contribution in [0, 0.1) is 0 Å². The average molecular weight is 287 g/mol. The van der Waals surface area contributed by atoms with Crippen molar-refractivity contribution in [1.29, 1.82) is 0 Å². The highest BCUT2D eigenvalue weighted by molar-refractivity contribution is 6.32. The molecule has 0 unspecified atom stereocenters. The van der Waals surface area contributed by atoms with Crippen LogP contribution in [0.1, 0.15) is 31.1 Å². The standard InChI is InChI=1S/C14H19ClO4/c1-14(2,3)19-6-5-18-13-11(15)7-10(9-16)8-12(13)17-4/h7-9H,5-6H2,1-4H3. The van der Waals surface area contributed by atoms with Gasteiger partial charge in [-0.2, -0.15) is 0 Å². The number of hydrogen-bond acceptors (Lipinski definition) is 4. The summed E-state index contributed by atoms with van der Waals surface area (Å²) >= 11 is 6.06. The number of halogens is 1. The largest absolute Gasteiger partial charge is 0.493 e. The highest BCUT2D eigenvalue weighted by Crippen LogP contribution is 2.35. The van der Waals surface area contributed by atoms with E-state index in [0.29, 0.717) is 41.6 Å². The first-order valence-electron chi connectivity index (χ1n) is 5.97. The maximum absolute atomic E-state index is 10.7. The maximum atomic E-state index is 10.7. The van der Waals surface area contributed by atoms with Gasteiger partial charge in [0.15, 0.2) is 11.5 Å². The van der Waals surface area contributed by atoms with Crippen molar-refractivity contribution in [3.05, 3.63) is 22.7 Å². The highest BCUT2D eigenvalue weighted by Gasteiger charge is 2.13. The van der Waals surface area contributed by atoms with E-state index in [1.807, 2.05) is 20.8 Å². The molecule has 1 aromatic carbocycles. The first-order chi connectivity index (χ1) is 8.87. The van der Waals surface area contributed by atoms with E-state index < -0.39 is 0 Å². The van der Waals surface area contributed by atoms with Crippen molar-refractivity contribution < 1.29 is 19.0 Å². The van der Waals surface area contributed by atoms with Gasteiger partial charge in [0, 0.05) is 5.56 Å². The van der Waals surface area contributed by atoms with Gasteiger partial charge < -0.3 is 14.2 Å². The van der Waals surface area contributed by atoms with Crippen molar-refractivity contribution in [2.75, 3.05) is 20.3 Å². The second kappa shape index (κ2) is 6.78. The van der Waals surface area contributed by atoms with Gasteiger partial charge in [0.2, 0.25) is 0 Å². The average Bonchev–Trinajstić information content (AvgIpc) is 2.34. The summed E-state index contributed by atoms with van der Waals surface area (Å²) in [7, 11) is 1.50. The van der Waals surface area contributed by atoms with Gasteiger partial charge in [-0.15, -0.1) is 0 Å². The monoisotopic (exact) mass is 286 g/mol. The number of methoxy groups -OCH3 is 1. The van der Waals surface area contributed by atoms with E-state index in [-0.39, 0.29) is 5.60 Å². The van der Waals surface area contributed by atoms with Crippen LogP contribution in [0.2, 0.25) is 5.02 Å². The third kappa shape index (κ3) is 5.09. The Bertz CT molecular complexity index is 438. The normalized spacial score (nSPS) is 11.2. The molecule has 0 spiro atoms. The molecule has 0 aliphatic heterocycles. The van der Waals surface area contributed by atoms with Crippen LogP contribution in [0.25, 0.3) is 0 Å². The van der Waals surface area contributed by atoms with Gasteiger partial charge in [0.25, 0.3) is 0 Å². The summed E-state index contributed by atoms with van der Waals surface area (Å²) in [6.07, 6.45) is 0.709. The first kappa shape index (κ1) is 15.8. The number of carbonyl (C=O) groups excluding carboxylic acids is 1. The molecule has 0 radical (unpaired) electrons. The van der Waals surface area contributed by atoms with Gasteiger partial charge in [-0.3, -0.25) is 4.79 Å². The van der Waals surface area contributed by atoms with Crippen molar-refractivity contribution >= 4 is 17.9 Å². The summed E-state index contributed by atoms with van der Waals surface area (Å²) in [5.41, 5.74) is 0.235. The second-order valence-electron chi connectivity index (χ2n) is 4.96. The number of ether oxygens (including phenoxy) is 3. The highest BCUT2D eigenvalue weighted by atomic mass is 35.5. The van der Waals surface area contributed by atoms with Crippen LogP contribution < -0.4 is 9.47 Å². The summed E-state index contributed by atoms with van der Waals surface area (Å²) in [6.45, 7) is 6.71. The molecule has 0 saturated carbocycles. The Morgan fingerprint density at radius 1 is 1.26 bits per heavy atom. The molecule has 4 nitrogen and oxygen atoms in total. The van der Waals surface area contributed by atoms with Crippen LogP contribution in [0.5, 0.6) is 11.5 Å². The summed E-state index contributed by atoms with van der Waals surface area (Å²) in [4.78, 5) is 10.7. The lowest BCUT2D eigenvalue weighted by Crippen LogP contribution is -2.22. The van der Waals surface area contributed by atoms with Crippen LogP contribution in [-0.4, -0.2) is 32.2 Å². The molecule has 0 aromatic heterocycles. The van der Waals surface area contributed by atoms with Gasteiger partial charge in [-0.05, 0) is 32.9 Å². The van der Waals surface area contributed by atoms with Gasteiger partial charge in [0.1, 0.15) is 12.9 Å². The number of carbonyl (C=O) groups is 1. The molecular weight excluding hydrogens is 268 g/mol. The van der Waals surface area contributed by atoms with Gasteiger partial charge in [0.05, 0.1) is 24.3 Å². The van der Waals surface area contributed by atoms with Crippen LogP contribution >= 0.6 is 11.6 Å². The van der Waals surface area contributed by atoms with Crippen molar-refractivity contribution in [1.82, 2.24) is 0 Å². The molecule has 0 amide bonds. The number of aldehydes is 1. The van der Waals surface area contributed by atoms with Crippen molar-refractivity contribution in [2.45, 2.75) is 26.4 Å². The number of benzene rings is 1. The van der Waals surface area contributed by atoms with Crippen molar-refractivity contribution in [3.63, 3.8) is 0 Å². The first-order valence-corrected chi connectivity index (χ1v) is 6.34. The summed E-state index contributed by atoms with van der Waals surface area (Å²) in [5.74, 6) is 0.859. The molecule has 5 heteroatoms. The molecule has 1 aromatic rings. The van der Waals surface area contributed by atoms with E-state index in [4.69, 9.17) is 25.8 Å².